The lowest BCUT2D eigenvalue weighted by Gasteiger charge is -2.22. The molecule has 0 bridgehead atoms. The second kappa shape index (κ2) is 5.93. The third-order valence-corrected chi connectivity index (χ3v) is 5.59. The molecule has 0 atom stereocenters. The lowest BCUT2D eigenvalue weighted by Crippen LogP contribution is -2.24. The lowest BCUT2D eigenvalue weighted by molar-refractivity contribution is 0.0696. The smallest absolute Gasteiger partial charge is 0.335 e. The van der Waals surface area contributed by atoms with Gasteiger partial charge in [-0.15, -0.1) is 0 Å². The summed E-state index contributed by atoms with van der Waals surface area (Å²) in [7, 11) is -3.47. The average Bonchev–Trinajstić information content (AvgIpc) is 2.39. The zero-order valence-corrected chi connectivity index (χ0v) is 12.1. The van der Waals surface area contributed by atoms with E-state index in [-0.39, 0.29) is 22.1 Å². The highest BCUT2D eigenvalue weighted by Gasteiger charge is 2.25. The van der Waals surface area contributed by atoms with Gasteiger partial charge in [0.2, 0.25) is 0 Å². The molecule has 1 aliphatic rings. The molecule has 1 saturated heterocycles. The first-order valence-corrected chi connectivity index (χ1v) is 8.20. The standard InChI is InChI=1S/C14H18O5S/c1-10-2-3-12(14(15)16)8-13(10)20(17,18)9-11-4-6-19-7-5-11/h2-3,8,11H,4-7,9H2,1H3,(H,15,16). The maximum absolute atomic E-state index is 12.5. The Labute approximate surface area is 118 Å². The number of aromatic carboxylic acids is 1. The van der Waals surface area contributed by atoms with Gasteiger partial charge in [0.25, 0.3) is 0 Å². The van der Waals surface area contributed by atoms with Gasteiger partial charge in [0.05, 0.1) is 16.2 Å². The molecule has 0 saturated carbocycles. The summed E-state index contributed by atoms with van der Waals surface area (Å²) < 4.78 is 30.1. The Balaban J connectivity index is 2.28. The molecule has 2 rings (SSSR count). The van der Waals surface area contributed by atoms with Gasteiger partial charge >= 0.3 is 5.97 Å². The Morgan fingerprint density at radius 1 is 1.35 bits per heavy atom. The maximum Gasteiger partial charge on any atom is 0.335 e. The lowest BCUT2D eigenvalue weighted by atomic mass is 10.0. The minimum absolute atomic E-state index is 0.00107. The second-order valence-electron chi connectivity index (χ2n) is 5.12. The van der Waals surface area contributed by atoms with E-state index in [9.17, 15) is 13.2 Å². The van der Waals surface area contributed by atoms with Crippen molar-refractivity contribution in [2.24, 2.45) is 5.92 Å². The van der Waals surface area contributed by atoms with E-state index in [2.05, 4.69) is 0 Å². The molecule has 0 spiro atoms. The fraction of sp³-hybridized carbons (Fsp3) is 0.500. The van der Waals surface area contributed by atoms with Crippen molar-refractivity contribution in [1.29, 1.82) is 0 Å². The van der Waals surface area contributed by atoms with Crippen LogP contribution in [0.1, 0.15) is 28.8 Å². The van der Waals surface area contributed by atoms with Crippen molar-refractivity contribution >= 4 is 15.8 Å². The summed E-state index contributed by atoms with van der Waals surface area (Å²) in [5.41, 5.74) is 0.586. The van der Waals surface area contributed by atoms with Crippen LogP contribution in [-0.2, 0) is 14.6 Å². The van der Waals surface area contributed by atoms with Gasteiger partial charge < -0.3 is 9.84 Å². The molecule has 110 valence electrons. The number of carbonyl (C=O) groups is 1. The number of sulfone groups is 1. The third kappa shape index (κ3) is 3.37. The second-order valence-corrected chi connectivity index (χ2v) is 7.13. The molecule has 0 aromatic heterocycles. The monoisotopic (exact) mass is 298 g/mol. The van der Waals surface area contributed by atoms with E-state index in [0.29, 0.717) is 18.8 Å². The van der Waals surface area contributed by atoms with E-state index >= 15 is 0 Å². The Kier molecular flexibility index (Phi) is 4.45. The van der Waals surface area contributed by atoms with Crippen molar-refractivity contribution in [2.45, 2.75) is 24.7 Å². The molecule has 0 unspecified atom stereocenters. The molecular weight excluding hydrogens is 280 g/mol. The van der Waals surface area contributed by atoms with Crippen LogP contribution in [0.3, 0.4) is 0 Å². The number of aryl methyl sites for hydroxylation is 1. The summed E-state index contributed by atoms with van der Waals surface area (Å²) in [5, 5.41) is 8.98. The van der Waals surface area contributed by atoms with Gasteiger partial charge in [-0.25, -0.2) is 13.2 Å². The minimum Gasteiger partial charge on any atom is -0.478 e. The van der Waals surface area contributed by atoms with Crippen molar-refractivity contribution in [3.63, 3.8) is 0 Å². The normalized spacial score (nSPS) is 17.1. The van der Waals surface area contributed by atoms with Crippen molar-refractivity contribution in [3.05, 3.63) is 29.3 Å². The minimum atomic E-state index is -3.47. The Morgan fingerprint density at radius 2 is 2.00 bits per heavy atom. The summed E-state index contributed by atoms with van der Waals surface area (Å²) in [6.45, 7) is 2.87. The number of hydrogen-bond acceptors (Lipinski definition) is 4. The summed E-state index contributed by atoms with van der Waals surface area (Å²) >= 11 is 0. The summed E-state index contributed by atoms with van der Waals surface area (Å²) in [5.74, 6) is -0.977. The molecule has 1 fully saturated rings. The van der Waals surface area contributed by atoms with Gasteiger partial charge in [-0.2, -0.15) is 0 Å². The predicted molar refractivity (Wildman–Crippen MR) is 73.7 cm³/mol. The van der Waals surface area contributed by atoms with Gasteiger partial charge in [-0.1, -0.05) is 6.07 Å². The van der Waals surface area contributed by atoms with Crippen LogP contribution < -0.4 is 0 Å². The van der Waals surface area contributed by atoms with Crippen LogP contribution >= 0.6 is 0 Å². The SMILES string of the molecule is Cc1ccc(C(=O)O)cc1S(=O)(=O)CC1CCOCC1. The first kappa shape index (κ1) is 15.0. The number of carboxylic acid groups (broad SMARTS) is 1. The van der Waals surface area contributed by atoms with E-state index in [1.54, 1.807) is 13.0 Å². The molecule has 1 aliphatic heterocycles. The zero-order valence-electron chi connectivity index (χ0n) is 11.3. The number of hydrogen-bond donors (Lipinski definition) is 1. The first-order chi connectivity index (χ1) is 9.40. The topological polar surface area (TPSA) is 80.7 Å². The van der Waals surface area contributed by atoms with E-state index in [0.717, 1.165) is 12.8 Å². The number of benzene rings is 1. The quantitative estimate of drug-likeness (QED) is 0.918. The van der Waals surface area contributed by atoms with Crippen LogP contribution in [0.5, 0.6) is 0 Å². The van der Waals surface area contributed by atoms with E-state index < -0.39 is 15.8 Å². The highest BCUT2D eigenvalue weighted by molar-refractivity contribution is 7.91. The van der Waals surface area contributed by atoms with Crippen LogP contribution in [0.4, 0.5) is 0 Å². The molecule has 1 heterocycles. The van der Waals surface area contributed by atoms with E-state index in [1.807, 2.05) is 0 Å². The predicted octanol–water partition coefficient (Wildman–Crippen LogP) is 1.89. The van der Waals surface area contributed by atoms with Crippen molar-refractivity contribution in [1.82, 2.24) is 0 Å². The molecule has 6 heteroatoms. The van der Waals surface area contributed by atoms with Gasteiger partial charge in [-0.3, -0.25) is 0 Å². The highest BCUT2D eigenvalue weighted by Crippen LogP contribution is 2.24. The number of ether oxygens (including phenoxy) is 1. The fourth-order valence-electron chi connectivity index (χ4n) is 2.38. The van der Waals surface area contributed by atoms with Crippen molar-refractivity contribution in [3.8, 4) is 0 Å². The average molecular weight is 298 g/mol. The summed E-state index contributed by atoms with van der Waals surface area (Å²) in [6, 6.07) is 4.22. The van der Waals surface area contributed by atoms with Crippen LogP contribution in [0.15, 0.2) is 23.1 Å². The van der Waals surface area contributed by atoms with Crippen molar-refractivity contribution in [2.75, 3.05) is 19.0 Å². The van der Waals surface area contributed by atoms with Gasteiger partial charge in [-0.05, 0) is 43.4 Å². The van der Waals surface area contributed by atoms with Crippen LogP contribution in [0, 0.1) is 12.8 Å². The first-order valence-electron chi connectivity index (χ1n) is 6.54. The molecular formula is C14H18O5S. The highest BCUT2D eigenvalue weighted by atomic mass is 32.2. The van der Waals surface area contributed by atoms with Crippen LogP contribution in [0.2, 0.25) is 0 Å². The van der Waals surface area contributed by atoms with E-state index in [1.165, 1.54) is 12.1 Å². The molecule has 1 aromatic carbocycles. The van der Waals surface area contributed by atoms with Crippen LogP contribution in [0.25, 0.3) is 0 Å². The van der Waals surface area contributed by atoms with Gasteiger partial charge in [0.1, 0.15) is 0 Å². The molecule has 20 heavy (non-hydrogen) atoms. The fourth-order valence-corrected chi connectivity index (χ4v) is 4.38. The van der Waals surface area contributed by atoms with Crippen LogP contribution in [-0.4, -0.2) is 38.5 Å². The van der Waals surface area contributed by atoms with Gasteiger partial charge in [0.15, 0.2) is 9.84 Å². The molecule has 0 radical (unpaired) electrons. The third-order valence-electron chi connectivity index (χ3n) is 3.57. The van der Waals surface area contributed by atoms with Crippen molar-refractivity contribution < 1.29 is 23.1 Å². The molecule has 0 aliphatic carbocycles. The maximum atomic E-state index is 12.5. The number of rotatable bonds is 4. The molecule has 1 N–H and O–H groups in total. The molecule has 0 amide bonds. The Bertz CT molecular complexity index is 600. The molecule has 5 nitrogen and oxygen atoms in total. The summed E-state index contributed by atoms with van der Waals surface area (Å²) in [6.07, 6.45) is 1.47. The molecule has 1 aromatic rings. The largest absolute Gasteiger partial charge is 0.478 e. The Hall–Kier alpha value is -1.40. The van der Waals surface area contributed by atoms with Gasteiger partial charge in [0, 0.05) is 13.2 Å². The zero-order chi connectivity index (χ0) is 14.8. The Morgan fingerprint density at radius 3 is 2.60 bits per heavy atom. The van der Waals surface area contributed by atoms with E-state index in [4.69, 9.17) is 9.84 Å². The number of carboxylic acids is 1. The summed E-state index contributed by atoms with van der Waals surface area (Å²) in [4.78, 5) is 11.1.